The molecule has 0 radical (unpaired) electrons. The maximum atomic E-state index is 6.20. The van der Waals surface area contributed by atoms with Crippen molar-refractivity contribution in [2.75, 3.05) is 32.9 Å². The molecule has 0 aromatic carbocycles. The van der Waals surface area contributed by atoms with Crippen LogP contribution in [0.3, 0.4) is 0 Å². The summed E-state index contributed by atoms with van der Waals surface area (Å²) in [7, 11) is 0. The third-order valence-corrected chi connectivity index (χ3v) is 6.07. The second-order valence-corrected chi connectivity index (χ2v) is 7.70. The fourth-order valence-electron chi connectivity index (χ4n) is 4.51. The quantitative estimate of drug-likeness (QED) is 0.839. The molecule has 3 aliphatic heterocycles. The van der Waals surface area contributed by atoms with E-state index >= 15 is 0 Å². The summed E-state index contributed by atoms with van der Waals surface area (Å²) in [6, 6.07) is 4.72. The van der Waals surface area contributed by atoms with Gasteiger partial charge in [0.15, 0.2) is 0 Å². The van der Waals surface area contributed by atoms with Crippen molar-refractivity contribution in [3.63, 3.8) is 0 Å². The first-order valence-corrected chi connectivity index (χ1v) is 9.79. The molecule has 138 valence electrons. The first kappa shape index (κ1) is 17.4. The van der Waals surface area contributed by atoms with Crippen molar-refractivity contribution in [3.8, 4) is 0 Å². The van der Waals surface area contributed by atoms with Crippen molar-refractivity contribution < 1.29 is 14.2 Å². The standard InChI is InChI=1S/C20H30N2O3/c1-2-17(15-21-8-1)16-24-19-3-9-22(10-4-19)18-5-11-25-20(14-18)6-12-23-13-7-20/h1-2,8,15,18-19H,3-7,9-14,16H2/t18-/m1/s1. The average molecular weight is 346 g/mol. The van der Waals surface area contributed by atoms with Crippen LogP contribution in [0.1, 0.15) is 44.1 Å². The molecule has 3 aliphatic rings. The highest BCUT2D eigenvalue weighted by Crippen LogP contribution is 2.36. The highest BCUT2D eigenvalue weighted by molar-refractivity contribution is 5.06. The summed E-state index contributed by atoms with van der Waals surface area (Å²) in [6.45, 7) is 5.60. The molecule has 3 saturated heterocycles. The van der Waals surface area contributed by atoms with Crippen molar-refractivity contribution in [2.24, 2.45) is 0 Å². The molecule has 5 heteroatoms. The Morgan fingerprint density at radius 3 is 2.76 bits per heavy atom. The molecule has 4 rings (SSSR count). The van der Waals surface area contributed by atoms with Crippen LogP contribution in [0.25, 0.3) is 0 Å². The number of aromatic nitrogens is 1. The van der Waals surface area contributed by atoms with Crippen LogP contribution < -0.4 is 0 Å². The zero-order chi connectivity index (χ0) is 17.0. The predicted octanol–water partition coefficient (Wildman–Crippen LogP) is 2.79. The number of hydrogen-bond acceptors (Lipinski definition) is 5. The molecule has 1 aromatic heterocycles. The fourth-order valence-corrected chi connectivity index (χ4v) is 4.51. The van der Waals surface area contributed by atoms with Crippen molar-refractivity contribution in [2.45, 2.75) is 62.9 Å². The van der Waals surface area contributed by atoms with Crippen LogP contribution in [0.5, 0.6) is 0 Å². The number of likely N-dealkylation sites (tertiary alicyclic amines) is 1. The predicted molar refractivity (Wildman–Crippen MR) is 95.4 cm³/mol. The first-order valence-electron chi connectivity index (χ1n) is 9.79. The molecule has 0 saturated carbocycles. The Morgan fingerprint density at radius 2 is 2.00 bits per heavy atom. The Kier molecular flexibility index (Phi) is 5.66. The van der Waals surface area contributed by atoms with E-state index in [1.54, 1.807) is 6.20 Å². The van der Waals surface area contributed by atoms with E-state index in [-0.39, 0.29) is 5.60 Å². The summed E-state index contributed by atoms with van der Waals surface area (Å²) in [6.07, 6.45) is 10.8. The van der Waals surface area contributed by atoms with Gasteiger partial charge in [0.1, 0.15) is 0 Å². The highest BCUT2D eigenvalue weighted by atomic mass is 16.5. The van der Waals surface area contributed by atoms with E-state index < -0.39 is 0 Å². The normalized spacial score (nSPS) is 28.2. The van der Waals surface area contributed by atoms with Gasteiger partial charge < -0.3 is 14.2 Å². The highest BCUT2D eigenvalue weighted by Gasteiger charge is 2.41. The zero-order valence-corrected chi connectivity index (χ0v) is 15.1. The summed E-state index contributed by atoms with van der Waals surface area (Å²) < 4.78 is 17.8. The molecule has 4 heterocycles. The van der Waals surface area contributed by atoms with Crippen molar-refractivity contribution in [1.82, 2.24) is 9.88 Å². The minimum atomic E-state index is 0.0921. The first-order chi connectivity index (χ1) is 12.3. The molecule has 0 N–H and O–H groups in total. The number of rotatable bonds is 4. The molecule has 3 fully saturated rings. The lowest BCUT2D eigenvalue weighted by Crippen LogP contribution is -2.53. The van der Waals surface area contributed by atoms with Gasteiger partial charge in [0.25, 0.3) is 0 Å². The smallest absolute Gasteiger partial charge is 0.0741 e. The van der Waals surface area contributed by atoms with Gasteiger partial charge in [-0.15, -0.1) is 0 Å². The van der Waals surface area contributed by atoms with Crippen LogP contribution in [-0.2, 0) is 20.8 Å². The third kappa shape index (κ3) is 4.40. The summed E-state index contributed by atoms with van der Waals surface area (Å²) in [5.41, 5.74) is 1.25. The van der Waals surface area contributed by atoms with E-state index in [1.807, 2.05) is 12.3 Å². The number of pyridine rings is 1. The monoisotopic (exact) mass is 346 g/mol. The van der Waals surface area contributed by atoms with E-state index in [9.17, 15) is 0 Å². The lowest BCUT2D eigenvalue weighted by molar-refractivity contribution is -0.154. The molecule has 1 aromatic rings. The summed E-state index contributed by atoms with van der Waals surface area (Å²) in [5, 5.41) is 0. The van der Waals surface area contributed by atoms with E-state index in [0.717, 1.165) is 64.2 Å². The maximum absolute atomic E-state index is 6.20. The van der Waals surface area contributed by atoms with Crippen LogP contribution in [-0.4, -0.2) is 60.5 Å². The van der Waals surface area contributed by atoms with Gasteiger partial charge in [-0.2, -0.15) is 0 Å². The van der Waals surface area contributed by atoms with Crippen LogP contribution in [0.2, 0.25) is 0 Å². The van der Waals surface area contributed by atoms with Gasteiger partial charge in [-0.25, -0.2) is 0 Å². The van der Waals surface area contributed by atoms with Crippen LogP contribution in [0.15, 0.2) is 24.5 Å². The lowest BCUT2D eigenvalue weighted by Gasteiger charge is -2.47. The molecular formula is C20H30N2O3. The fraction of sp³-hybridized carbons (Fsp3) is 0.750. The molecule has 25 heavy (non-hydrogen) atoms. The van der Waals surface area contributed by atoms with Crippen molar-refractivity contribution in [1.29, 1.82) is 0 Å². The van der Waals surface area contributed by atoms with Gasteiger partial charge in [-0.1, -0.05) is 6.07 Å². The van der Waals surface area contributed by atoms with Crippen LogP contribution in [0, 0.1) is 0 Å². The second kappa shape index (κ2) is 8.12. The molecular weight excluding hydrogens is 316 g/mol. The molecule has 5 nitrogen and oxygen atoms in total. The molecule has 0 aliphatic carbocycles. The minimum Gasteiger partial charge on any atom is -0.381 e. The summed E-state index contributed by atoms with van der Waals surface area (Å²) >= 11 is 0. The van der Waals surface area contributed by atoms with Crippen molar-refractivity contribution >= 4 is 0 Å². The van der Waals surface area contributed by atoms with E-state index in [2.05, 4.69) is 16.0 Å². The second-order valence-electron chi connectivity index (χ2n) is 7.70. The van der Waals surface area contributed by atoms with E-state index in [4.69, 9.17) is 14.2 Å². The molecule has 0 unspecified atom stereocenters. The Bertz CT molecular complexity index is 519. The number of piperidine rings is 1. The minimum absolute atomic E-state index is 0.0921. The lowest BCUT2D eigenvalue weighted by atomic mass is 9.83. The van der Waals surface area contributed by atoms with Gasteiger partial charge in [-0.3, -0.25) is 9.88 Å². The Morgan fingerprint density at radius 1 is 1.16 bits per heavy atom. The van der Waals surface area contributed by atoms with Gasteiger partial charge in [0.2, 0.25) is 0 Å². The number of hydrogen-bond donors (Lipinski definition) is 0. The van der Waals surface area contributed by atoms with Gasteiger partial charge in [-0.05, 0) is 50.2 Å². The van der Waals surface area contributed by atoms with E-state index in [0.29, 0.717) is 18.8 Å². The molecule has 1 spiro atoms. The van der Waals surface area contributed by atoms with Gasteiger partial charge in [0, 0.05) is 51.3 Å². The SMILES string of the molecule is c1cncc(COC2CCN([C@@H]3CCOC4(CCOCC4)C3)CC2)c1. The zero-order valence-electron chi connectivity index (χ0n) is 15.1. The summed E-state index contributed by atoms with van der Waals surface area (Å²) in [4.78, 5) is 6.84. The van der Waals surface area contributed by atoms with E-state index in [1.165, 1.54) is 12.8 Å². The topological polar surface area (TPSA) is 43.8 Å². The van der Waals surface area contributed by atoms with Crippen molar-refractivity contribution in [3.05, 3.63) is 30.1 Å². The Balaban J connectivity index is 1.24. The number of ether oxygens (including phenoxy) is 3. The van der Waals surface area contributed by atoms with Gasteiger partial charge >= 0.3 is 0 Å². The van der Waals surface area contributed by atoms with Gasteiger partial charge in [0.05, 0.1) is 18.3 Å². The summed E-state index contributed by atoms with van der Waals surface area (Å²) in [5.74, 6) is 0. The largest absolute Gasteiger partial charge is 0.381 e. The average Bonchev–Trinajstić information content (AvgIpc) is 2.68. The molecule has 0 amide bonds. The Labute approximate surface area is 150 Å². The molecule has 1 atom stereocenters. The molecule has 0 bridgehead atoms. The Hall–Kier alpha value is -1.01. The van der Waals surface area contributed by atoms with Crippen LogP contribution in [0.4, 0.5) is 0 Å². The number of nitrogens with zero attached hydrogens (tertiary/aromatic N) is 2. The van der Waals surface area contributed by atoms with Crippen LogP contribution >= 0.6 is 0 Å². The third-order valence-electron chi connectivity index (χ3n) is 6.07. The maximum Gasteiger partial charge on any atom is 0.0741 e.